The average Bonchev–Trinajstić information content (AvgIpc) is 2.84. The molecule has 0 bridgehead atoms. The fraction of sp³-hybridized carbons (Fsp3) is 0.188. The largest absolute Gasteiger partial charge is 0.360 e. The van der Waals surface area contributed by atoms with Crippen LogP contribution in [0.25, 0.3) is 10.2 Å². The van der Waals surface area contributed by atoms with Crippen molar-refractivity contribution < 1.29 is 13.6 Å². The molecule has 1 amide bonds. The Morgan fingerprint density at radius 2 is 2.00 bits per heavy atom. The molecule has 0 unspecified atom stereocenters. The second-order valence-electron chi connectivity index (χ2n) is 5.22. The fourth-order valence-electron chi connectivity index (χ4n) is 2.26. The topological polar surface area (TPSA) is 66.9 Å². The van der Waals surface area contributed by atoms with Crippen molar-refractivity contribution in [3.63, 3.8) is 0 Å². The SMILES string of the molecule is Cc1sc2ncnc(NCC(=O)Nc3ccc(F)c(F)c3)c2c1C. The number of hydrogen-bond acceptors (Lipinski definition) is 5. The molecule has 24 heavy (non-hydrogen) atoms. The normalized spacial score (nSPS) is 10.8. The van der Waals surface area contributed by atoms with Crippen molar-refractivity contribution >= 4 is 39.0 Å². The monoisotopic (exact) mass is 348 g/mol. The molecule has 0 aliphatic heterocycles. The standard InChI is InChI=1S/C16H14F2N4OS/c1-8-9(2)24-16-14(8)15(20-7-21-16)19-6-13(23)22-10-3-4-11(17)12(18)5-10/h3-5,7H,6H2,1-2H3,(H,22,23)(H,19,20,21). The number of carbonyl (C=O) groups is 1. The third-order valence-electron chi connectivity index (χ3n) is 3.59. The first-order valence-corrected chi connectivity index (χ1v) is 7.97. The zero-order valence-corrected chi connectivity index (χ0v) is 13.8. The minimum atomic E-state index is -1.01. The van der Waals surface area contributed by atoms with E-state index in [-0.39, 0.29) is 12.2 Å². The van der Waals surface area contributed by atoms with Crippen LogP contribution in [0.1, 0.15) is 10.4 Å². The molecule has 0 fully saturated rings. The summed E-state index contributed by atoms with van der Waals surface area (Å²) in [6.07, 6.45) is 1.44. The molecule has 124 valence electrons. The third-order valence-corrected chi connectivity index (χ3v) is 4.70. The molecule has 0 radical (unpaired) electrons. The van der Waals surface area contributed by atoms with Crippen molar-refractivity contribution in [1.29, 1.82) is 0 Å². The van der Waals surface area contributed by atoms with Gasteiger partial charge in [0.1, 0.15) is 17.0 Å². The smallest absolute Gasteiger partial charge is 0.243 e. The molecule has 1 aromatic carbocycles. The number of hydrogen-bond donors (Lipinski definition) is 2. The van der Waals surface area contributed by atoms with E-state index in [1.165, 1.54) is 12.4 Å². The Balaban J connectivity index is 1.71. The van der Waals surface area contributed by atoms with Crippen LogP contribution < -0.4 is 10.6 Å². The van der Waals surface area contributed by atoms with Crippen LogP contribution in [-0.2, 0) is 4.79 Å². The van der Waals surface area contributed by atoms with Crippen molar-refractivity contribution in [3.05, 3.63) is 46.6 Å². The molecular formula is C16H14F2N4OS. The molecule has 0 saturated heterocycles. The Bertz CT molecular complexity index is 926. The highest BCUT2D eigenvalue weighted by Gasteiger charge is 2.13. The van der Waals surface area contributed by atoms with Gasteiger partial charge in [-0.2, -0.15) is 0 Å². The van der Waals surface area contributed by atoms with Gasteiger partial charge >= 0.3 is 0 Å². The fourth-order valence-corrected chi connectivity index (χ4v) is 3.26. The Kier molecular flexibility index (Phi) is 4.39. The number of rotatable bonds is 4. The van der Waals surface area contributed by atoms with Crippen molar-refractivity contribution in [1.82, 2.24) is 9.97 Å². The maximum atomic E-state index is 13.1. The number of nitrogens with zero attached hydrogens (tertiary/aromatic N) is 2. The highest BCUT2D eigenvalue weighted by Crippen LogP contribution is 2.32. The molecular weight excluding hydrogens is 334 g/mol. The molecule has 0 saturated carbocycles. The summed E-state index contributed by atoms with van der Waals surface area (Å²) >= 11 is 1.56. The number of amides is 1. The number of aromatic nitrogens is 2. The van der Waals surface area contributed by atoms with E-state index in [1.54, 1.807) is 11.3 Å². The molecule has 0 aliphatic carbocycles. The average molecular weight is 348 g/mol. The summed E-state index contributed by atoms with van der Waals surface area (Å²) in [5.74, 6) is -1.79. The van der Waals surface area contributed by atoms with Crippen LogP contribution in [0.5, 0.6) is 0 Å². The third kappa shape index (κ3) is 3.18. The minimum Gasteiger partial charge on any atom is -0.360 e. The first-order valence-electron chi connectivity index (χ1n) is 7.15. The van der Waals surface area contributed by atoms with E-state index in [0.717, 1.165) is 32.8 Å². The van der Waals surface area contributed by atoms with Crippen LogP contribution >= 0.6 is 11.3 Å². The van der Waals surface area contributed by atoms with Gasteiger partial charge in [-0.25, -0.2) is 18.7 Å². The Labute approximate surface area is 140 Å². The van der Waals surface area contributed by atoms with Crippen molar-refractivity contribution in [2.75, 3.05) is 17.2 Å². The van der Waals surface area contributed by atoms with E-state index in [2.05, 4.69) is 20.6 Å². The van der Waals surface area contributed by atoms with Crippen molar-refractivity contribution in [2.45, 2.75) is 13.8 Å². The van der Waals surface area contributed by atoms with Gasteiger partial charge < -0.3 is 10.6 Å². The predicted octanol–water partition coefficient (Wildman–Crippen LogP) is 3.64. The number of thiophene rings is 1. The summed E-state index contributed by atoms with van der Waals surface area (Å²) in [6, 6.07) is 3.19. The molecule has 2 aromatic heterocycles. The Morgan fingerprint density at radius 1 is 1.21 bits per heavy atom. The first-order chi connectivity index (χ1) is 11.5. The van der Waals surface area contributed by atoms with Crippen molar-refractivity contribution in [2.24, 2.45) is 0 Å². The van der Waals surface area contributed by atoms with E-state index in [0.29, 0.717) is 5.82 Å². The zero-order chi connectivity index (χ0) is 17.3. The van der Waals surface area contributed by atoms with Gasteiger partial charge in [0.15, 0.2) is 11.6 Å². The van der Waals surface area contributed by atoms with Crippen LogP contribution in [0, 0.1) is 25.5 Å². The Morgan fingerprint density at radius 3 is 2.75 bits per heavy atom. The number of carbonyl (C=O) groups excluding carboxylic acids is 1. The van der Waals surface area contributed by atoms with Gasteiger partial charge in [-0.1, -0.05) is 0 Å². The summed E-state index contributed by atoms with van der Waals surface area (Å²) in [5, 5.41) is 6.35. The molecule has 8 heteroatoms. The van der Waals surface area contributed by atoms with Crippen LogP contribution in [0.15, 0.2) is 24.5 Å². The van der Waals surface area contributed by atoms with Crippen LogP contribution in [0.3, 0.4) is 0 Å². The number of nitrogens with one attached hydrogen (secondary N) is 2. The van der Waals surface area contributed by atoms with Crippen LogP contribution in [0.4, 0.5) is 20.3 Å². The number of aryl methyl sites for hydroxylation is 2. The number of halogens is 2. The maximum Gasteiger partial charge on any atom is 0.243 e. The van der Waals surface area contributed by atoms with E-state index in [1.807, 2.05) is 13.8 Å². The lowest BCUT2D eigenvalue weighted by atomic mass is 10.2. The summed E-state index contributed by atoms with van der Waals surface area (Å²) in [7, 11) is 0. The minimum absolute atomic E-state index is 0.0561. The second-order valence-corrected chi connectivity index (χ2v) is 6.42. The first kappa shape index (κ1) is 16.3. The maximum absolute atomic E-state index is 13.1. The molecule has 3 aromatic rings. The molecule has 2 N–H and O–H groups in total. The molecule has 0 atom stereocenters. The number of anilines is 2. The number of benzene rings is 1. The highest BCUT2D eigenvalue weighted by atomic mass is 32.1. The van der Waals surface area contributed by atoms with E-state index in [9.17, 15) is 13.6 Å². The van der Waals surface area contributed by atoms with Gasteiger partial charge in [0.05, 0.1) is 11.9 Å². The second kappa shape index (κ2) is 6.48. The van der Waals surface area contributed by atoms with Crippen molar-refractivity contribution in [3.8, 4) is 0 Å². The lowest BCUT2D eigenvalue weighted by Crippen LogP contribution is -2.22. The Hall–Kier alpha value is -2.61. The lowest BCUT2D eigenvalue weighted by molar-refractivity contribution is -0.114. The lowest BCUT2D eigenvalue weighted by Gasteiger charge is -2.08. The van der Waals surface area contributed by atoms with Gasteiger partial charge in [0, 0.05) is 16.6 Å². The summed E-state index contributed by atoms with van der Waals surface area (Å²) in [4.78, 5) is 22.4. The quantitative estimate of drug-likeness (QED) is 0.755. The molecule has 0 spiro atoms. The molecule has 5 nitrogen and oxygen atoms in total. The van der Waals surface area contributed by atoms with Crippen LogP contribution in [-0.4, -0.2) is 22.4 Å². The number of fused-ring (bicyclic) bond motifs is 1. The molecule has 0 aliphatic rings. The zero-order valence-electron chi connectivity index (χ0n) is 13.0. The summed E-state index contributed by atoms with van der Waals surface area (Å²) in [6.45, 7) is 3.92. The highest BCUT2D eigenvalue weighted by molar-refractivity contribution is 7.18. The van der Waals surface area contributed by atoms with E-state index >= 15 is 0 Å². The molecule has 2 heterocycles. The van der Waals surface area contributed by atoms with Gasteiger partial charge in [-0.05, 0) is 31.5 Å². The summed E-state index contributed by atoms with van der Waals surface area (Å²) < 4.78 is 26.0. The van der Waals surface area contributed by atoms with Gasteiger partial charge in [0.25, 0.3) is 0 Å². The van der Waals surface area contributed by atoms with Gasteiger partial charge in [0.2, 0.25) is 5.91 Å². The summed E-state index contributed by atoms with van der Waals surface area (Å²) in [5.41, 5.74) is 1.26. The van der Waals surface area contributed by atoms with E-state index < -0.39 is 17.5 Å². The van der Waals surface area contributed by atoms with Gasteiger partial charge in [-0.3, -0.25) is 4.79 Å². The molecule has 3 rings (SSSR count). The van der Waals surface area contributed by atoms with Gasteiger partial charge in [-0.15, -0.1) is 11.3 Å². The van der Waals surface area contributed by atoms with E-state index in [4.69, 9.17) is 0 Å². The van der Waals surface area contributed by atoms with Crippen LogP contribution in [0.2, 0.25) is 0 Å². The predicted molar refractivity (Wildman–Crippen MR) is 90.4 cm³/mol.